The SMILES string of the molecule is Cc1ccc(S(=O)(=O)N2CCC[C@@H]2c2cccnc2N2CCNCC2)cc1. The van der Waals surface area contributed by atoms with Gasteiger partial charge in [-0.05, 0) is 38.0 Å². The van der Waals surface area contributed by atoms with Crippen LogP contribution in [0.25, 0.3) is 0 Å². The van der Waals surface area contributed by atoms with Crippen molar-refractivity contribution in [3.05, 3.63) is 53.7 Å². The second-order valence-electron chi connectivity index (χ2n) is 7.24. The number of piperazine rings is 1. The minimum atomic E-state index is -3.53. The number of hydrogen-bond acceptors (Lipinski definition) is 5. The van der Waals surface area contributed by atoms with E-state index in [9.17, 15) is 8.42 Å². The van der Waals surface area contributed by atoms with Crippen molar-refractivity contribution in [2.45, 2.75) is 30.7 Å². The Balaban J connectivity index is 1.69. The van der Waals surface area contributed by atoms with Crippen molar-refractivity contribution in [1.29, 1.82) is 0 Å². The lowest BCUT2D eigenvalue weighted by Crippen LogP contribution is -2.44. The molecule has 2 aliphatic heterocycles. The van der Waals surface area contributed by atoms with Crippen LogP contribution in [0.4, 0.5) is 5.82 Å². The molecule has 1 aromatic heterocycles. The zero-order valence-corrected chi connectivity index (χ0v) is 16.5. The number of nitrogens with one attached hydrogen (secondary N) is 1. The van der Waals surface area contributed by atoms with Gasteiger partial charge in [0.2, 0.25) is 10.0 Å². The van der Waals surface area contributed by atoms with E-state index in [2.05, 4.69) is 15.2 Å². The minimum Gasteiger partial charge on any atom is -0.354 e. The van der Waals surface area contributed by atoms with Crippen LogP contribution in [-0.2, 0) is 10.0 Å². The van der Waals surface area contributed by atoms with Gasteiger partial charge in [0.1, 0.15) is 5.82 Å². The Morgan fingerprint density at radius 3 is 2.56 bits per heavy atom. The number of hydrogen-bond donors (Lipinski definition) is 1. The predicted molar refractivity (Wildman–Crippen MR) is 106 cm³/mol. The van der Waals surface area contributed by atoms with Crippen molar-refractivity contribution < 1.29 is 8.42 Å². The lowest BCUT2D eigenvalue weighted by atomic mass is 10.1. The summed E-state index contributed by atoms with van der Waals surface area (Å²) in [6.07, 6.45) is 3.50. The second-order valence-corrected chi connectivity index (χ2v) is 9.13. The van der Waals surface area contributed by atoms with Gasteiger partial charge in [-0.15, -0.1) is 0 Å². The zero-order valence-electron chi connectivity index (χ0n) is 15.6. The minimum absolute atomic E-state index is 0.158. The number of aromatic nitrogens is 1. The molecule has 0 unspecified atom stereocenters. The Kier molecular flexibility index (Phi) is 5.16. The molecular formula is C20H26N4O2S. The van der Waals surface area contributed by atoms with Gasteiger partial charge in [-0.3, -0.25) is 0 Å². The van der Waals surface area contributed by atoms with E-state index >= 15 is 0 Å². The molecule has 144 valence electrons. The van der Waals surface area contributed by atoms with Gasteiger partial charge in [-0.1, -0.05) is 23.8 Å². The molecule has 0 bridgehead atoms. The van der Waals surface area contributed by atoms with Gasteiger partial charge >= 0.3 is 0 Å². The molecule has 2 aliphatic rings. The Bertz CT molecular complexity index is 892. The smallest absolute Gasteiger partial charge is 0.243 e. The fourth-order valence-corrected chi connectivity index (χ4v) is 5.67. The molecule has 1 N–H and O–H groups in total. The summed E-state index contributed by atoms with van der Waals surface area (Å²) < 4.78 is 28.3. The van der Waals surface area contributed by atoms with Gasteiger partial charge in [-0.2, -0.15) is 4.31 Å². The molecule has 2 saturated heterocycles. The Hall–Kier alpha value is -1.96. The summed E-state index contributed by atoms with van der Waals surface area (Å²) in [7, 11) is -3.53. The molecular weight excluding hydrogens is 360 g/mol. The van der Waals surface area contributed by atoms with Crippen molar-refractivity contribution in [3.63, 3.8) is 0 Å². The van der Waals surface area contributed by atoms with Crippen LogP contribution >= 0.6 is 0 Å². The molecule has 0 aliphatic carbocycles. The topological polar surface area (TPSA) is 65.5 Å². The first-order chi connectivity index (χ1) is 13.1. The molecule has 6 nitrogen and oxygen atoms in total. The summed E-state index contributed by atoms with van der Waals surface area (Å²) in [5.74, 6) is 0.926. The molecule has 0 spiro atoms. The summed E-state index contributed by atoms with van der Waals surface area (Å²) in [6, 6.07) is 10.9. The molecule has 27 heavy (non-hydrogen) atoms. The summed E-state index contributed by atoms with van der Waals surface area (Å²) in [4.78, 5) is 7.26. The van der Waals surface area contributed by atoms with E-state index in [1.807, 2.05) is 31.2 Å². The van der Waals surface area contributed by atoms with Crippen LogP contribution in [0.5, 0.6) is 0 Å². The van der Waals surface area contributed by atoms with E-state index in [0.717, 1.165) is 56.0 Å². The number of nitrogens with zero attached hydrogens (tertiary/aromatic N) is 3. The summed E-state index contributed by atoms with van der Waals surface area (Å²) >= 11 is 0. The highest BCUT2D eigenvalue weighted by Crippen LogP contribution is 2.39. The lowest BCUT2D eigenvalue weighted by Gasteiger charge is -2.32. The standard InChI is InChI=1S/C20H26N4O2S/c1-16-6-8-17(9-7-16)27(25,26)24-13-3-5-19(24)18-4-2-10-22-20(18)23-14-11-21-12-15-23/h2,4,6-10,19,21H,3,5,11-15H2,1H3/t19-/m1/s1. The highest BCUT2D eigenvalue weighted by molar-refractivity contribution is 7.89. The summed E-state index contributed by atoms with van der Waals surface area (Å²) in [6.45, 7) is 6.14. The molecule has 3 heterocycles. The van der Waals surface area contributed by atoms with E-state index < -0.39 is 10.0 Å². The molecule has 7 heteroatoms. The summed E-state index contributed by atoms with van der Waals surface area (Å²) in [5, 5.41) is 3.36. The number of sulfonamides is 1. The lowest BCUT2D eigenvalue weighted by molar-refractivity contribution is 0.395. The van der Waals surface area contributed by atoms with Crippen LogP contribution in [-0.4, -0.2) is 50.4 Å². The van der Waals surface area contributed by atoms with Crippen molar-refractivity contribution in [3.8, 4) is 0 Å². The molecule has 0 saturated carbocycles. The first-order valence-corrected chi connectivity index (χ1v) is 11.0. The number of benzene rings is 1. The quantitative estimate of drug-likeness (QED) is 0.874. The zero-order chi connectivity index (χ0) is 18.9. The number of aryl methyl sites for hydroxylation is 1. The second kappa shape index (κ2) is 7.58. The fraction of sp³-hybridized carbons (Fsp3) is 0.450. The number of anilines is 1. The fourth-order valence-electron chi connectivity index (χ4n) is 3.99. The van der Waals surface area contributed by atoms with E-state index in [1.165, 1.54) is 0 Å². The largest absolute Gasteiger partial charge is 0.354 e. The summed E-state index contributed by atoms with van der Waals surface area (Å²) in [5.41, 5.74) is 2.08. The van der Waals surface area contributed by atoms with E-state index in [-0.39, 0.29) is 6.04 Å². The molecule has 4 rings (SSSR count). The highest BCUT2D eigenvalue weighted by atomic mass is 32.2. The van der Waals surface area contributed by atoms with Crippen LogP contribution in [0.15, 0.2) is 47.5 Å². The third-order valence-electron chi connectivity index (χ3n) is 5.42. The normalized spacial score (nSPS) is 21.5. The van der Waals surface area contributed by atoms with Gasteiger partial charge in [0.05, 0.1) is 10.9 Å². The van der Waals surface area contributed by atoms with E-state index in [1.54, 1.807) is 22.6 Å². The molecule has 2 aromatic rings. The third-order valence-corrected chi connectivity index (χ3v) is 7.35. The highest BCUT2D eigenvalue weighted by Gasteiger charge is 2.38. The molecule has 0 radical (unpaired) electrons. The number of rotatable bonds is 4. The average Bonchev–Trinajstić information content (AvgIpc) is 3.20. The van der Waals surface area contributed by atoms with Crippen molar-refractivity contribution in [1.82, 2.24) is 14.6 Å². The number of pyridine rings is 1. The maximum absolute atomic E-state index is 13.3. The Morgan fingerprint density at radius 2 is 1.81 bits per heavy atom. The van der Waals surface area contributed by atoms with Gasteiger partial charge in [-0.25, -0.2) is 13.4 Å². The van der Waals surface area contributed by atoms with Crippen LogP contribution < -0.4 is 10.2 Å². The van der Waals surface area contributed by atoms with Gasteiger partial charge in [0, 0.05) is 44.5 Å². The maximum atomic E-state index is 13.3. The van der Waals surface area contributed by atoms with Crippen LogP contribution in [0, 0.1) is 6.92 Å². The van der Waals surface area contributed by atoms with Crippen molar-refractivity contribution in [2.75, 3.05) is 37.6 Å². The first-order valence-electron chi connectivity index (χ1n) is 9.56. The average molecular weight is 387 g/mol. The maximum Gasteiger partial charge on any atom is 0.243 e. The van der Waals surface area contributed by atoms with E-state index in [4.69, 9.17) is 0 Å². The third kappa shape index (κ3) is 3.59. The van der Waals surface area contributed by atoms with Gasteiger partial charge in [0.25, 0.3) is 0 Å². The van der Waals surface area contributed by atoms with Crippen LogP contribution in [0.3, 0.4) is 0 Å². The van der Waals surface area contributed by atoms with E-state index in [0.29, 0.717) is 11.4 Å². The first kappa shape index (κ1) is 18.4. The molecule has 1 aromatic carbocycles. The Labute approximate surface area is 161 Å². The van der Waals surface area contributed by atoms with Crippen LogP contribution in [0.2, 0.25) is 0 Å². The molecule has 2 fully saturated rings. The van der Waals surface area contributed by atoms with Crippen LogP contribution in [0.1, 0.15) is 30.0 Å². The van der Waals surface area contributed by atoms with Gasteiger partial charge in [0.15, 0.2) is 0 Å². The van der Waals surface area contributed by atoms with Crippen molar-refractivity contribution in [2.24, 2.45) is 0 Å². The van der Waals surface area contributed by atoms with Gasteiger partial charge < -0.3 is 10.2 Å². The predicted octanol–water partition coefficient (Wildman–Crippen LogP) is 2.33. The molecule has 0 amide bonds. The van der Waals surface area contributed by atoms with Crippen molar-refractivity contribution >= 4 is 15.8 Å². The Morgan fingerprint density at radius 1 is 1.07 bits per heavy atom. The molecule has 1 atom stereocenters. The monoisotopic (exact) mass is 386 g/mol.